The molecular weight excluding hydrogens is 416 g/mol. The Bertz CT molecular complexity index is 918. The number of para-hydroxylation sites is 1. The SMILES string of the molecule is COc1ccccc1CN1CCCC[C@H]2CN(CC[C@H]2OC)C(=O)c2cccc(c2)OCC1. The average molecular weight is 453 g/mol. The van der Waals surface area contributed by atoms with E-state index in [9.17, 15) is 4.79 Å². The number of amides is 1. The van der Waals surface area contributed by atoms with Crippen LogP contribution in [0.3, 0.4) is 0 Å². The van der Waals surface area contributed by atoms with Crippen molar-refractivity contribution in [1.29, 1.82) is 0 Å². The largest absolute Gasteiger partial charge is 0.496 e. The Morgan fingerprint density at radius 3 is 2.73 bits per heavy atom. The van der Waals surface area contributed by atoms with Gasteiger partial charge in [0.2, 0.25) is 0 Å². The van der Waals surface area contributed by atoms with Gasteiger partial charge in [-0.05, 0) is 50.1 Å². The van der Waals surface area contributed by atoms with Crippen LogP contribution in [0, 0.1) is 5.92 Å². The van der Waals surface area contributed by atoms with Crippen molar-refractivity contribution in [2.45, 2.75) is 38.3 Å². The van der Waals surface area contributed by atoms with Crippen molar-refractivity contribution in [2.24, 2.45) is 5.92 Å². The number of carbonyl (C=O) groups is 1. The second-order valence-electron chi connectivity index (χ2n) is 9.03. The zero-order valence-corrected chi connectivity index (χ0v) is 19.9. The Labute approximate surface area is 197 Å². The molecule has 0 N–H and O–H groups in total. The minimum atomic E-state index is 0.0904. The standard InChI is InChI=1S/C27H36N2O4/c1-31-25-12-4-3-8-22(25)19-28-14-6-5-9-23-20-29(15-13-26(23)32-2)27(30)21-10-7-11-24(18-21)33-17-16-28/h3-4,7-8,10-12,18,23,26H,5-6,9,13-17,19-20H2,1-2H3/t23-,26+/m0/s1. The van der Waals surface area contributed by atoms with Gasteiger partial charge in [-0.15, -0.1) is 0 Å². The molecule has 6 heteroatoms. The van der Waals surface area contributed by atoms with Gasteiger partial charge in [0.15, 0.2) is 0 Å². The van der Waals surface area contributed by atoms with Gasteiger partial charge in [0.05, 0.1) is 13.2 Å². The van der Waals surface area contributed by atoms with Crippen LogP contribution in [0.1, 0.15) is 41.6 Å². The van der Waals surface area contributed by atoms with Crippen LogP contribution < -0.4 is 9.47 Å². The molecule has 4 bridgehead atoms. The Balaban J connectivity index is 1.51. The lowest BCUT2D eigenvalue weighted by Gasteiger charge is -2.38. The number of piperidine rings is 1. The summed E-state index contributed by atoms with van der Waals surface area (Å²) in [5.41, 5.74) is 1.88. The van der Waals surface area contributed by atoms with E-state index in [-0.39, 0.29) is 12.0 Å². The monoisotopic (exact) mass is 452 g/mol. The second kappa shape index (κ2) is 11.5. The maximum Gasteiger partial charge on any atom is 0.254 e. The molecule has 0 radical (unpaired) electrons. The molecule has 1 amide bonds. The summed E-state index contributed by atoms with van der Waals surface area (Å²) in [6, 6.07) is 15.8. The van der Waals surface area contributed by atoms with Crippen LogP contribution in [0.15, 0.2) is 48.5 Å². The highest BCUT2D eigenvalue weighted by Crippen LogP contribution is 2.27. The number of hydrogen-bond acceptors (Lipinski definition) is 5. The van der Waals surface area contributed by atoms with E-state index < -0.39 is 0 Å². The first kappa shape index (κ1) is 23.6. The van der Waals surface area contributed by atoms with Gasteiger partial charge in [-0.2, -0.15) is 0 Å². The van der Waals surface area contributed by atoms with Crippen molar-refractivity contribution < 1.29 is 19.0 Å². The predicted molar refractivity (Wildman–Crippen MR) is 129 cm³/mol. The highest BCUT2D eigenvalue weighted by Gasteiger charge is 2.31. The average Bonchev–Trinajstić information content (AvgIpc) is 2.86. The topological polar surface area (TPSA) is 51.2 Å². The van der Waals surface area contributed by atoms with E-state index in [2.05, 4.69) is 17.0 Å². The summed E-state index contributed by atoms with van der Waals surface area (Å²) in [6.07, 6.45) is 4.40. The van der Waals surface area contributed by atoms with Gasteiger partial charge in [-0.1, -0.05) is 30.7 Å². The third-order valence-corrected chi connectivity index (χ3v) is 6.90. The number of rotatable bonds is 4. The number of benzene rings is 2. The van der Waals surface area contributed by atoms with E-state index in [1.807, 2.05) is 41.3 Å². The summed E-state index contributed by atoms with van der Waals surface area (Å²) in [6.45, 7) is 4.70. The van der Waals surface area contributed by atoms with E-state index in [0.717, 1.165) is 69.9 Å². The van der Waals surface area contributed by atoms with Crippen molar-refractivity contribution in [3.8, 4) is 11.5 Å². The van der Waals surface area contributed by atoms with Gasteiger partial charge < -0.3 is 19.1 Å². The molecule has 6 nitrogen and oxygen atoms in total. The number of nitrogens with zero attached hydrogens (tertiary/aromatic N) is 2. The molecule has 2 aromatic carbocycles. The van der Waals surface area contributed by atoms with Crippen LogP contribution in [-0.4, -0.2) is 68.8 Å². The first-order valence-corrected chi connectivity index (χ1v) is 12.1. The fourth-order valence-corrected chi connectivity index (χ4v) is 5.06. The summed E-state index contributed by atoms with van der Waals surface area (Å²) >= 11 is 0. The van der Waals surface area contributed by atoms with E-state index in [1.165, 1.54) is 5.56 Å². The Morgan fingerprint density at radius 1 is 1.00 bits per heavy atom. The third-order valence-electron chi connectivity index (χ3n) is 6.90. The number of methoxy groups -OCH3 is 2. The van der Waals surface area contributed by atoms with Crippen LogP contribution in [0.2, 0.25) is 0 Å². The number of ether oxygens (including phenoxy) is 3. The summed E-state index contributed by atoms with van der Waals surface area (Å²) in [5.74, 6) is 2.13. The minimum Gasteiger partial charge on any atom is -0.496 e. The Hall–Kier alpha value is -2.57. The van der Waals surface area contributed by atoms with Crippen molar-refractivity contribution in [2.75, 3.05) is 47.0 Å². The molecule has 0 aromatic heterocycles. The lowest BCUT2D eigenvalue weighted by molar-refractivity contribution is -0.00677. The molecule has 2 heterocycles. The predicted octanol–water partition coefficient (Wildman–Crippen LogP) is 4.24. The molecule has 0 aliphatic carbocycles. The second-order valence-corrected chi connectivity index (χ2v) is 9.03. The quantitative estimate of drug-likeness (QED) is 0.695. The third kappa shape index (κ3) is 6.06. The molecule has 0 spiro atoms. The molecular formula is C27H36N2O4. The maximum absolute atomic E-state index is 13.2. The van der Waals surface area contributed by atoms with Crippen molar-refractivity contribution in [3.05, 3.63) is 59.7 Å². The summed E-state index contributed by atoms with van der Waals surface area (Å²) in [4.78, 5) is 17.6. The van der Waals surface area contributed by atoms with Gasteiger partial charge in [-0.25, -0.2) is 0 Å². The fourth-order valence-electron chi connectivity index (χ4n) is 5.06. The number of carbonyl (C=O) groups excluding carboxylic acids is 1. The van der Waals surface area contributed by atoms with Crippen LogP contribution in [0.4, 0.5) is 0 Å². The molecule has 2 atom stereocenters. The summed E-state index contributed by atoms with van der Waals surface area (Å²) < 4.78 is 17.4. The van der Waals surface area contributed by atoms with Crippen LogP contribution >= 0.6 is 0 Å². The smallest absolute Gasteiger partial charge is 0.254 e. The van der Waals surface area contributed by atoms with Gasteiger partial charge in [-0.3, -0.25) is 9.69 Å². The molecule has 2 aliphatic heterocycles. The molecule has 0 unspecified atom stereocenters. The molecule has 2 aliphatic rings. The maximum atomic E-state index is 13.2. The molecule has 2 aromatic rings. The lowest BCUT2D eigenvalue weighted by atomic mass is 9.89. The Kier molecular flexibility index (Phi) is 8.24. The molecule has 178 valence electrons. The first-order valence-electron chi connectivity index (χ1n) is 12.1. The molecule has 33 heavy (non-hydrogen) atoms. The van der Waals surface area contributed by atoms with E-state index in [0.29, 0.717) is 18.1 Å². The fraction of sp³-hybridized carbons (Fsp3) is 0.519. The van der Waals surface area contributed by atoms with Crippen LogP contribution in [-0.2, 0) is 11.3 Å². The van der Waals surface area contributed by atoms with Crippen LogP contribution in [0.5, 0.6) is 11.5 Å². The Morgan fingerprint density at radius 2 is 1.88 bits per heavy atom. The lowest BCUT2D eigenvalue weighted by Crippen LogP contribution is -2.46. The van der Waals surface area contributed by atoms with Crippen molar-refractivity contribution in [1.82, 2.24) is 9.80 Å². The normalized spacial score (nSPS) is 22.7. The molecule has 0 saturated carbocycles. The van der Waals surface area contributed by atoms with Gasteiger partial charge in [0, 0.05) is 50.3 Å². The molecule has 4 rings (SSSR count). The zero-order valence-electron chi connectivity index (χ0n) is 19.9. The van der Waals surface area contributed by atoms with Gasteiger partial charge in [0.1, 0.15) is 18.1 Å². The zero-order chi connectivity index (χ0) is 23.0. The van der Waals surface area contributed by atoms with Gasteiger partial charge in [0.25, 0.3) is 5.91 Å². The summed E-state index contributed by atoms with van der Waals surface area (Å²) in [5, 5.41) is 0. The number of hydrogen-bond donors (Lipinski definition) is 0. The molecule has 1 saturated heterocycles. The highest BCUT2D eigenvalue weighted by atomic mass is 16.5. The molecule has 1 fully saturated rings. The number of fused-ring (bicyclic) bond motifs is 4. The van der Waals surface area contributed by atoms with E-state index in [4.69, 9.17) is 14.2 Å². The van der Waals surface area contributed by atoms with E-state index >= 15 is 0 Å². The highest BCUT2D eigenvalue weighted by molar-refractivity contribution is 5.94. The van der Waals surface area contributed by atoms with Crippen molar-refractivity contribution >= 4 is 5.91 Å². The van der Waals surface area contributed by atoms with Crippen LogP contribution in [0.25, 0.3) is 0 Å². The van der Waals surface area contributed by atoms with Gasteiger partial charge >= 0.3 is 0 Å². The minimum absolute atomic E-state index is 0.0904. The summed E-state index contributed by atoms with van der Waals surface area (Å²) in [7, 11) is 3.52. The van der Waals surface area contributed by atoms with Crippen molar-refractivity contribution in [3.63, 3.8) is 0 Å². The first-order chi connectivity index (χ1) is 16.2. The van der Waals surface area contributed by atoms with E-state index in [1.54, 1.807) is 14.2 Å².